The molecule has 0 saturated carbocycles. The van der Waals surface area contributed by atoms with Crippen LogP contribution in [-0.2, 0) is 6.54 Å². The molecule has 0 saturated heterocycles. The molecule has 138 valence electrons. The molecule has 0 atom stereocenters. The number of thioether (sulfide) groups is 1. The molecule has 0 aliphatic carbocycles. The molecule has 0 N–H and O–H groups in total. The Hall–Kier alpha value is -2.04. The lowest BCUT2D eigenvalue weighted by Crippen LogP contribution is -2.33. The first-order chi connectivity index (χ1) is 13.2. The van der Waals surface area contributed by atoms with E-state index in [4.69, 9.17) is 0 Å². The predicted molar refractivity (Wildman–Crippen MR) is 119 cm³/mol. The van der Waals surface area contributed by atoms with Gasteiger partial charge in [-0.3, -0.25) is 0 Å². The van der Waals surface area contributed by atoms with Crippen molar-refractivity contribution in [2.75, 3.05) is 11.4 Å². The van der Waals surface area contributed by atoms with Crippen molar-refractivity contribution in [3.05, 3.63) is 70.2 Å². The van der Waals surface area contributed by atoms with Gasteiger partial charge in [-0.05, 0) is 50.1 Å². The second kappa shape index (κ2) is 7.91. The average molecular weight is 394 g/mol. The maximum atomic E-state index is 2.42. The number of hydrogen-bond acceptors (Lipinski definition) is 3. The summed E-state index contributed by atoms with van der Waals surface area (Å²) in [6.07, 6.45) is 5.77. The van der Waals surface area contributed by atoms with Gasteiger partial charge in [0.15, 0.2) is 0 Å². The number of nitrogens with zero attached hydrogens (tertiary/aromatic N) is 2. The van der Waals surface area contributed by atoms with Crippen LogP contribution in [0.15, 0.2) is 70.1 Å². The summed E-state index contributed by atoms with van der Waals surface area (Å²) < 4.78 is 3.77. The smallest absolute Gasteiger partial charge is 0.263 e. The summed E-state index contributed by atoms with van der Waals surface area (Å²) >= 11 is 3.76. The maximum absolute atomic E-state index is 2.42. The third-order valence-corrected chi connectivity index (χ3v) is 7.16. The van der Waals surface area contributed by atoms with Crippen LogP contribution in [0.4, 0.5) is 5.69 Å². The van der Waals surface area contributed by atoms with Crippen molar-refractivity contribution in [2.45, 2.75) is 38.6 Å². The van der Waals surface area contributed by atoms with Gasteiger partial charge >= 0.3 is 0 Å². The summed E-state index contributed by atoms with van der Waals surface area (Å²) in [4.78, 5) is 3.77. The summed E-state index contributed by atoms with van der Waals surface area (Å²) in [5.74, 6) is 0. The van der Waals surface area contributed by atoms with E-state index in [9.17, 15) is 0 Å². The Morgan fingerprint density at radius 3 is 2.59 bits per heavy atom. The highest BCUT2D eigenvalue weighted by Gasteiger charge is 2.24. The molecule has 1 aromatic heterocycles. The summed E-state index contributed by atoms with van der Waals surface area (Å²) in [5.41, 5.74) is 4.03. The Morgan fingerprint density at radius 2 is 1.81 bits per heavy atom. The van der Waals surface area contributed by atoms with E-state index in [1.54, 1.807) is 0 Å². The first-order valence-electron chi connectivity index (χ1n) is 9.63. The zero-order valence-electron chi connectivity index (χ0n) is 16.1. The van der Waals surface area contributed by atoms with Gasteiger partial charge in [0.2, 0.25) is 5.52 Å². The number of allylic oxidation sites excluding steroid dienone is 2. The number of thiazole rings is 1. The first-order valence-corrected chi connectivity index (χ1v) is 11.3. The fourth-order valence-electron chi connectivity index (χ4n) is 3.54. The Morgan fingerprint density at radius 1 is 1.04 bits per heavy atom. The minimum absolute atomic E-state index is 0.991. The number of benzene rings is 2. The number of rotatable bonds is 5. The van der Waals surface area contributed by atoms with Crippen molar-refractivity contribution in [1.29, 1.82) is 0 Å². The van der Waals surface area contributed by atoms with Crippen molar-refractivity contribution >= 4 is 45.1 Å². The summed E-state index contributed by atoms with van der Waals surface area (Å²) in [5, 5.41) is 2.66. The summed E-state index contributed by atoms with van der Waals surface area (Å²) in [7, 11) is 0. The van der Waals surface area contributed by atoms with Gasteiger partial charge in [0.05, 0.1) is 10.7 Å². The van der Waals surface area contributed by atoms with E-state index in [0.717, 1.165) is 19.5 Å². The molecule has 2 heterocycles. The minimum Gasteiger partial charge on any atom is -0.335 e. The molecule has 0 spiro atoms. The van der Waals surface area contributed by atoms with E-state index >= 15 is 0 Å². The van der Waals surface area contributed by atoms with Crippen molar-refractivity contribution in [2.24, 2.45) is 0 Å². The van der Waals surface area contributed by atoms with Gasteiger partial charge in [-0.25, -0.2) is 0 Å². The van der Waals surface area contributed by atoms with Gasteiger partial charge in [0.1, 0.15) is 11.2 Å². The lowest BCUT2D eigenvalue weighted by atomic mass is 10.2. The molecule has 2 aromatic carbocycles. The maximum Gasteiger partial charge on any atom is 0.263 e. The fourth-order valence-corrected chi connectivity index (χ4v) is 5.94. The largest absolute Gasteiger partial charge is 0.335 e. The zero-order valence-corrected chi connectivity index (χ0v) is 17.7. The quantitative estimate of drug-likeness (QED) is 0.458. The van der Waals surface area contributed by atoms with Gasteiger partial charge < -0.3 is 4.90 Å². The van der Waals surface area contributed by atoms with Gasteiger partial charge in [0.25, 0.3) is 5.01 Å². The van der Waals surface area contributed by atoms with Crippen LogP contribution in [0.5, 0.6) is 0 Å². The number of aromatic nitrogens is 1. The topological polar surface area (TPSA) is 7.12 Å². The van der Waals surface area contributed by atoms with E-state index in [2.05, 4.69) is 90.9 Å². The van der Waals surface area contributed by atoms with E-state index < -0.39 is 0 Å². The highest BCUT2D eigenvalue weighted by Crippen LogP contribution is 2.46. The molecular formula is C23H25N2S2+. The standard InChI is InChI=1S/C23H25N2S2/c1-4-17(15-22-24(5-2)18-11-7-9-13-20(18)26-22)16-23-25(6-3)19-12-8-10-14-21(19)27-23/h7-16H,4-6H2,1-3H3/q+1. The van der Waals surface area contributed by atoms with Crippen LogP contribution in [0, 0.1) is 0 Å². The number of hydrogen-bond donors (Lipinski definition) is 0. The van der Waals surface area contributed by atoms with Crippen LogP contribution in [0.2, 0.25) is 0 Å². The molecule has 1 aliphatic heterocycles. The zero-order chi connectivity index (χ0) is 18.8. The fraction of sp³-hybridized carbons (Fsp3) is 0.261. The lowest BCUT2D eigenvalue weighted by molar-refractivity contribution is -0.665. The Kier molecular flexibility index (Phi) is 5.37. The van der Waals surface area contributed by atoms with Gasteiger partial charge in [-0.1, -0.05) is 54.3 Å². The third kappa shape index (κ3) is 3.44. The van der Waals surface area contributed by atoms with E-state index in [1.165, 1.54) is 36.4 Å². The van der Waals surface area contributed by atoms with Crippen LogP contribution in [0.1, 0.15) is 32.2 Å². The number of para-hydroxylation sites is 2. The van der Waals surface area contributed by atoms with Crippen LogP contribution in [0.25, 0.3) is 16.3 Å². The van der Waals surface area contributed by atoms with E-state index in [0.29, 0.717) is 0 Å². The van der Waals surface area contributed by atoms with Crippen molar-refractivity contribution in [3.63, 3.8) is 0 Å². The van der Waals surface area contributed by atoms with E-state index in [-0.39, 0.29) is 0 Å². The molecular weight excluding hydrogens is 368 g/mol. The number of fused-ring (bicyclic) bond motifs is 2. The first kappa shape index (κ1) is 18.3. The van der Waals surface area contributed by atoms with Gasteiger partial charge in [-0.2, -0.15) is 4.57 Å². The van der Waals surface area contributed by atoms with Crippen LogP contribution < -0.4 is 9.47 Å². The Labute approximate surface area is 169 Å². The minimum atomic E-state index is 0.991. The highest BCUT2D eigenvalue weighted by atomic mass is 32.2. The van der Waals surface area contributed by atoms with Crippen molar-refractivity contribution in [1.82, 2.24) is 0 Å². The normalized spacial score (nSPS) is 15.7. The molecule has 3 aromatic rings. The SMILES string of the molecule is CCC(/C=C1\Sc2ccccc2N1CC)=C\c1sc2ccccc2[n+]1CC. The summed E-state index contributed by atoms with van der Waals surface area (Å²) in [6, 6.07) is 17.4. The third-order valence-electron chi connectivity index (χ3n) is 4.93. The second-order valence-corrected chi connectivity index (χ2v) is 8.65. The molecule has 27 heavy (non-hydrogen) atoms. The molecule has 0 radical (unpaired) electrons. The Balaban J connectivity index is 1.74. The van der Waals surface area contributed by atoms with Crippen LogP contribution in [-0.4, -0.2) is 6.54 Å². The monoisotopic (exact) mass is 393 g/mol. The molecule has 4 heteroatoms. The second-order valence-electron chi connectivity index (χ2n) is 6.52. The Bertz CT molecular complexity index is 1030. The van der Waals surface area contributed by atoms with Crippen LogP contribution >= 0.6 is 23.1 Å². The van der Waals surface area contributed by atoms with Crippen molar-refractivity contribution in [3.8, 4) is 0 Å². The van der Waals surface area contributed by atoms with Crippen LogP contribution in [0.3, 0.4) is 0 Å². The molecule has 0 bridgehead atoms. The lowest BCUT2D eigenvalue weighted by Gasteiger charge is -2.18. The molecule has 2 nitrogen and oxygen atoms in total. The molecule has 4 rings (SSSR count). The highest BCUT2D eigenvalue weighted by molar-refractivity contribution is 8.03. The summed E-state index contributed by atoms with van der Waals surface area (Å²) in [6.45, 7) is 8.68. The predicted octanol–water partition coefficient (Wildman–Crippen LogP) is 6.48. The van der Waals surface area contributed by atoms with Gasteiger partial charge in [-0.15, -0.1) is 0 Å². The van der Waals surface area contributed by atoms with E-state index in [1.807, 2.05) is 23.1 Å². The van der Waals surface area contributed by atoms with Crippen molar-refractivity contribution < 1.29 is 4.57 Å². The average Bonchev–Trinajstić information content (AvgIpc) is 3.23. The number of aryl methyl sites for hydroxylation is 1. The molecule has 0 unspecified atom stereocenters. The number of anilines is 1. The molecule has 1 aliphatic rings. The molecule has 0 amide bonds. The molecule has 0 fully saturated rings. The van der Waals surface area contributed by atoms with Gasteiger partial charge in [0, 0.05) is 23.6 Å².